The average Bonchev–Trinajstić information content (AvgIpc) is 2.20. The Balaban J connectivity index is 3.11. The monoisotopic (exact) mass is 194 g/mol. The zero-order valence-electron chi connectivity index (χ0n) is 8.40. The lowest BCUT2D eigenvalue weighted by molar-refractivity contribution is 0.0697. The fourth-order valence-electron chi connectivity index (χ4n) is 1.39. The summed E-state index contributed by atoms with van der Waals surface area (Å²) in [4.78, 5) is 16.7. The third kappa shape index (κ3) is 2.02. The van der Waals surface area contributed by atoms with E-state index in [1.54, 1.807) is 12.3 Å². The summed E-state index contributed by atoms with van der Waals surface area (Å²) in [6.45, 7) is 5.58. The molecule has 4 nitrogen and oxygen atoms in total. The minimum absolute atomic E-state index is 0.260. The fourth-order valence-corrected chi connectivity index (χ4v) is 1.39. The summed E-state index contributed by atoms with van der Waals surface area (Å²) >= 11 is 0. The molecule has 14 heavy (non-hydrogen) atoms. The molecule has 4 heteroatoms. The number of carbonyl (C=O) groups is 1. The molecule has 76 valence electrons. The predicted molar refractivity (Wildman–Crippen MR) is 54.8 cm³/mol. The Hall–Kier alpha value is -1.58. The molecule has 0 bridgehead atoms. The van der Waals surface area contributed by atoms with E-state index < -0.39 is 5.97 Å². The van der Waals surface area contributed by atoms with Gasteiger partial charge in [-0.05, 0) is 19.9 Å². The molecule has 0 radical (unpaired) electrons. The molecule has 1 heterocycles. The lowest BCUT2D eigenvalue weighted by Gasteiger charge is -2.22. The Morgan fingerprint density at radius 2 is 2.14 bits per heavy atom. The first-order valence-corrected chi connectivity index (χ1v) is 4.63. The van der Waals surface area contributed by atoms with Crippen LogP contribution < -0.4 is 4.90 Å². The first-order chi connectivity index (χ1) is 6.70. The van der Waals surface area contributed by atoms with Crippen LogP contribution in [0, 0.1) is 0 Å². The normalized spacial score (nSPS) is 9.86. The Kier molecular flexibility index (Phi) is 3.45. The molecule has 0 spiro atoms. The maximum Gasteiger partial charge on any atom is 0.339 e. The topological polar surface area (TPSA) is 53.4 Å². The van der Waals surface area contributed by atoms with Gasteiger partial charge in [0.2, 0.25) is 0 Å². The Labute approximate surface area is 83.2 Å². The van der Waals surface area contributed by atoms with E-state index in [9.17, 15) is 4.79 Å². The van der Waals surface area contributed by atoms with Gasteiger partial charge in [0.25, 0.3) is 0 Å². The van der Waals surface area contributed by atoms with Gasteiger partial charge < -0.3 is 10.0 Å². The number of nitrogens with zero attached hydrogens (tertiary/aromatic N) is 2. The van der Waals surface area contributed by atoms with Crippen LogP contribution >= 0.6 is 0 Å². The molecular formula is C10H14N2O2. The van der Waals surface area contributed by atoms with Crippen molar-refractivity contribution in [2.45, 2.75) is 13.8 Å². The Bertz CT molecular complexity index is 322. The molecule has 1 aromatic heterocycles. The molecule has 0 unspecified atom stereocenters. The fraction of sp³-hybridized carbons (Fsp3) is 0.400. The van der Waals surface area contributed by atoms with Crippen molar-refractivity contribution in [3.8, 4) is 0 Å². The zero-order chi connectivity index (χ0) is 10.6. The minimum Gasteiger partial charge on any atom is -0.478 e. The summed E-state index contributed by atoms with van der Waals surface area (Å²) in [5.74, 6) is -0.931. The van der Waals surface area contributed by atoms with Gasteiger partial charge in [0.15, 0.2) is 0 Å². The molecule has 0 atom stereocenters. The number of hydrogen-bond acceptors (Lipinski definition) is 3. The molecule has 0 aliphatic carbocycles. The van der Waals surface area contributed by atoms with Crippen molar-refractivity contribution in [1.29, 1.82) is 0 Å². The summed E-state index contributed by atoms with van der Waals surface area (Å²) in [5, 5.41) is 8.94. The Morgan fingerprint density at radius 1 is 1.50 bits per heavy atom. The van der Waals surface area contributed by atoms with Crippen molar-refractivity contribution < 1.29 is 9.90 Å². The maximum atomic E-state index is 10.9. The number of anilines is 1. The summed E-state index contributed by atoms with van der Waals surface area (Å²) < 4.78 is 0. The maximum absolute atomic E-state index is 10.9. The van der Waals surface area contributed by atoms with Gasteiger partial charge in [0.05, 0.1) is 5.69 Å². The van der Waals surface area contributed by atoms with Gasteiger partial charge in [-0.25, -0.2) is 4.79 Å². The van der Waals surface area contributed by atoms with Crippen LogP contribution in [-0.4, -0.2) is 29.1 Å². The van der Waals surface area contributed by atoms with Gasteiger partial charge in [-0.15, -0.1) is 0 Å². The van der Waals surface area contributed by atoms with Gasteiger partial charge >= 0.3 is 5.97 Å². The number of rotatable bonds is 4. The number of carboxylic acid groups (broad SMARTS) is 1. The molecule has 1 rings (SSSR count). The van der Waals surface area contributed by atoms with Gasteiger partial charge in [0.1, 0.15) is 5.56 Å². The second-order valence-electron chi connectivity index (χ2n) is 2.87. The van der Waals surface area contributed by atoms with E-state index in [-0.39, 0.29) is 5.56 Å². The van der Waals surface area contributed by atoms with E-state index in [1.807, 2.05) is 18.7 Å². The zero-order valence-corrected chi connectivity index (χ0v) is 8.40. The predicted octanol–water partition coefficient (Wildman–Crippen LogP) is 1.63. The molecule has 1 N–H and O–H groups in total. The van der Waals surface area contributed by atoms with Gasteiger partial charge in [0, 0.05) is 25.5 Å². The van der Waals surface area contributed by atoms with E-state index in [4.69, 9.17) is 5.11 Å². The van der Waals surface area contributed by atoms with Crippen LogP contribution in [0.5, 0.6) is 0 Å². The lowest BCUT2D eigenvalue weighted by atomic mass is 10.2. The van der Waals surface area contributed by atoms with Gasteiger partial charge in [-0.3, -0.25) is 4.98 Å². The van der Waals surface area contributed by atoms with Crippen LogP contribution in [0.4, 0.5) is 5.69 Å². The van der Waals surface area contributed by atoms with Crippen molar-refractivity contribution in [2.75, 3.05) is 18.0 Å². The molecule has 0 aliphatic rings. The molecule has 0 amide bonds. The van der Waals surface area contributed by atoms with Crippen LogP contribution in [-0.2, 0) is 0 Å². The first kappa shape index (κ1) is 10.5. The minimum atomic E-state index is -0.931. The second-order valence-corrected chi connectivity index (χ2v) is 2.87. The van der Waals surface area contributed by atoms with Gasteiger partial charge in [-0.1, -0.05) is 0 Å². The highest BCUT2D eigenvalue weighted by atomic mass is 16.4. The average molecular weight is 194 g/mol. The van der Waals surface area contributed by atoms with Crippen LogP contribution in [0.25, 0.3) is 0 Å². The third-order valence-electron chi connectivity index (χ3n) is 2.13. The van der Waals surface area contributed by atoms with Gasteiger partial charge in [-0.2, -0.15) is 0 Å². The van der Waals surface area contributed by atoms with Crippen molar-refractivity contribution in [3.63, 3.8) is 0 Å². The highest BCUT2D eigenvalue weighted by Gasteiger charge is 2.13. The van der Waals surface area contributed by atoms with E-state index in [0.717, 1.165) is 18.8 Å². The van der Waals surface area contributed by atoms with Crippen molar-refractivity contribution in [1.82, 2.24) is 4.98 Å². The quantitative estimate of drug-likeness (QED) is 0.791. The summed E-state index contributed by atoms with van der Waals surface area (Å²) in [7, 11) is 0. The highest BCUT2D eigenvalue weighted by molar-refractivity contribution is 5.93. The molecule has 0 fully saturated rings. The van der Waals surface area contributed by atoms with Crippen molar-refractivity contribution in [3.05, 3.63) is 24.0 Å². The number of aromatic carboxylic acids is 1. The number of carboxylic acids is 1. The number of aromatic nitrogens is 1. The van der Waals surface area contributed by atoms with Crippen LogP contribution in [0.2, 0.25) is 0 Å². The smallest absolute Gasteiger partial charge is 0.339 e. The molecule has 0 saturated heterocycles. The Morgan fingerprint density at radius 3 is 2.64 bits per heavy atom. The molecule has 0 aliphatic heterocycles. The molecular weight excluding hydrogens is 180 g/mol. The summed E-state index contributed by atoms with van der Waals surface area (Å²) in [6.07, 6.45) is 3.00. The highest BCUT2D eigenvalue weighted by Crippen LogP contribution is 2.18. The van der Waals surface area contributed by atoms with Crippen LogP contribution in [0.1, 0.15) is 24.2 Å². The summed E-state index contributed by atoms with van der Waals surface area (Å²) in [6, 6.07) is 1.73. The first-order valence-electron chi connectivity index (χ1n) is 4.63. The van der Waals surface area contributed by atoms with E-state index in [1.165, 1.54) is 6.20 Å². The van der Waals surface area contributed by atoms with E-state index >= 15 is 0 Å². The van der Waals surface area contributed by atoms with Crippen molar-refractivity contribution in [2.24, 2.45) is 0 Å². The van der Waals surface area contributed by atoms with Crippen molar-refractivity contribution >= 4 is 11.7 Å². The third-order valence-corrected chi connectivity index (χ3v) is 2.13. The van der Waals surface area contributed by atoms with E-state index in [0.29, 0.717) is 0 Å². The van der Waals surface area contributed by atoms with Crippen LogP contribution in [0.15, 0.2) is 18.5 Å². The largest absolute Gasteiger partial charge is 0.478 e. The van der Waals surface area contributed by atoms with Crippen LogP contribution in [0.3, 0.4) is 0 Å². The van der Waals surface area contributed by atoms with E-state index in [2.05, 4.69) is 4.98 Å². The molecule has 0 saturated carbocycles. The molecule has 0 aromatic carbocycles. The number of pyridine rings is 1. The lowest BCUT2D eigenvalue weighted by Crippen LogP contribution is -2.24. The summed E-state index contributed by atoms with van der Waals surface area (Å²) in [5.41, 5.74) is 0.994. The SMILES string of the molecule is CCN(CC)c1ccncc1C(=O)O. The number of hydrogen-bond donors (Lipinski definition) is 1. The standard InChI is InChI=1S/C10H14N2O2/c1-3-12(4-2)9-5-6-11-7-8(9)10(13)14/h5-7H,3-4H2,1-2H3,(H,13,14). The second kappa shape index (κ2) is 4.60. The molecule has 1 aromatic rings.